The van der Waals surface area contributed by atoms with E-state index in [9.17, 15) is 16.8 Å². The van der Waals surface area contributed by atoms with Crippen LogP contribution < -0.4 is 15.4 Å². The minimum absolute atomic E-state index is 0.000244. The third-order valence-corrected chi connectivity index (χ3v) is 5.20. The van der Waals surface area contributed by atoms with Crippen LogP contribution in [0.3, 0.4) is 0 Å². The quantitative estimate of drug-likeness (QED) is 0.694. The number of hydrogen-bond acceptors (Lipinski definition) is 6. The Morgan fingerprint density at radius 1 is 1.25 bits per heavy atom. The summed E-state index contributed by atoms with van der Waals surface area (Å²) in [5.41, 5.74) is 6.51. The van der Waals surface area contributed by atoms with E-state index >= 15 is 0 Å². The molecule has 3 N–H and O–H groups in total. The van der Waals surface area contributed by atoms with Gasteiger partial charge in [-0.3, -0.25) is 0 Å². The number of anilines is 2. The number of benzene rings is 1. The summed E-state index contributed by atoms with van der Waals surface area (Å²) in [7, 11) is -3.63. The molecule has 0 saturated heterocycles. The summed E-state index contributed by atoms with van der Waals surface area (Å²) in [5, 5.41) is 0. The van der Waals surface area contributed by atoms with Gasteiger partial charge in [-0.05, 0) is 25.2 Å². The van der Waals surface area contributed by atoms with Crippen molar-refractivity contribution in [3.63, 3.8) is 0 Å². The Bertz CT molecular complexity index is 684. The van der Waals surface area contributed by atoms with Crippen molar-refractivity contribution < 1.29 is 16.8 Å². The van der Waals surface area contributed by atoms with Gasteiger partial charge in [-0.1, -0.05) is 0 Å². The van der Waals surface area contributed by atoms with E-state index < -0.39 is 19.9 Å². The summed E-state index contributed by atoms with van der Waals surface area (Å²) in [5.74, 6) is 0.0139. The van der Waals surface area contributed by atoms with E-state index in [0.717, 1.165) is 6.26 Å². The zero-order valence-electron chi connectivity index (χ0n) is 11.6. The van der Waals surface area contributed by atoms with E-state index in [1.54, 1.807) is 18.0 Å². The molecule has 0 unspecified atom stereocenters. The van der Waals surface area contributed by atoms with Gasteiger partial charge in [0.05, 0.1) is 11.4 Å². The second-order valence-corrected chi connectivity index (χ2v) is 8.60. The van der Waals surface area contributed by atoms with Crippen molar-refractivity contribution in [1.82, 2.24) is 4.72 Å². The molecule has 0 fully saturated rings. The van der Waals surface area contributed by atoms with Gasteiger partial charge in [0.15, 0.2) is 0 Å². The number of rotatable bonds is 6. The molecule has 20 heavy (non-hydrogen) atoms. The minimum Gasteiger partial charge on any atom is -0.398 e. The van der Waals surface area contributed by atoms with Gasteiger partial charge in [-0.2, -0.15) is 0 Å². The lowest BCUT2D eigenvalue weighted by atomic mass is 10.2. The van der Waals surface area contributed by atoms with Crippen molar-refractivity contribution in [2.45, 2.75) is 4.90 Å². The number of nitrogens with zero attached hydrogens (tertiary/aromatic N) is 1. The highest BCUT2D eigenvalue weighted by Gasteiger charge is 2.16. The first kappa shape index (κ1) is 16.7. The molecule has 9 heteroatoms. The van der Waals surface area contributed by atoms with E-state index in [-0.39, 0.29) is 16.3 Å². The van der Waals surface area contributed by atoms with Crippen LogP contribution in [0.2, 0.25) is 0 Å². The zero-order chi connectivity index (χ0) is 15.6. The predicted molar refractivity (Wildman–Crippen MR) is 80.1 cm³/mol. The van der Waals surface area contributed by atoms with Crippen LogP contribution in [0.4, 0.5) is 11.4 Å². The standard InChI is InChI=1S/C11H19N3O4S2/c1-13-20(17,18)11-5-4-9(8-10(11)12)14(2)6-7-19(3,15)16/h4-5,8,13H,6-7,12H2,1-3H3. The summed E-state index contributed by atoms with van der Waals surface area (Å²) < 4.78 is 47.8. The molecule has 0 aliphatic rings. The molecule has 0 saturated carbocycles. The fourth-order valence-corrected chi connectivity index (χ4v) is 3.00. The number of hydrogen-bond donors (Lipinski definition) is 2. The van der Waals surface area contributed by atoms with Gasteiger partial charge in [0.1, 0.15) is 14.7 Å². The largest absolute Gasteiger partial charge is 0.398 e. The summed E-state index contributed by atoms with van der Waals surface area (Å²) in [6, 6.07) is 4.49. The molecule has 0 radical (unpaired) electrons. The van der Waals surface area contributed by atoms with Crippen molar-refractivity contribution in [3.8, 4) is 0 Å². The smallest absolute Gasteiger partial charge is 0.242 e. The molecule has 1 rings (SSSR count). The second-order valence-electron chi connectivity index (χ2n) is 4.48. The van der Waals surface area contributed by atoms with Crippen molar-refractivity contribution in [1.29, 1.82) is 0 Å². The zero-order valence-corrected chi connectivity index (χ0v) is 13.3. The third-order valence-electron chi connectivity index (χ3n) is 2.79. The van der Waals surface area contributed by atoms with Gasteiger partial charge in [-0.15, -0.1) is 0 Å². The molecule has 1 aromatic rings. The van der Waals surface area contributed by atoms with Crippen LogP contribution in [-0.2, 0) is 19.9 Å². The summed E-state index contributed by atoms with van der Waals surface area (Å²) >= 11 is 0. The molecule has 0 spiro atoms. The number of nitrogen functional groups attached to an aromatic ring is 1. The van der Waals surface area contributed by atoms with Crippen LogP contribution in [0.25, 0.3) is 0 Å². The number of sulfone groups is 1. The van der Waals surface area contributed by atoms with E-state index in [1.165, 1.54) is 19.2 Å². The molecular formula is C11H19N3O4S2. The van der Waals surface area contributed by atoms with Gasteiger partial charge in [-0.25, -0.2) is 21.6 Å². The Balaban J connectivity index is 2.98. The van der Waals surface area contributed by atoms with Crippen LogP contribution in [0, 0.1) is 0 Å². The lowest BCUT2D eigenvalue weighted by Crippen LogP contribution is -2.25. The first-order chi connectivity index (χ1) is 9.07. The molecule has 0 amide bonds. The van der Waals surface area contributed by atoms with Crippen molar-refractivity contribution >= 4 is 31.2 Å². The maximum Gasteiger partial charge on any atom is 0.242 e. The first-order valence-electron chi connectivity index (χ1n) is 5.79. The second kappa shape index (κ2) is 5.98. The number of sulfonamides is 1. The summed E-state index contributed by atoms with van der Waals surface area (Å²) in [6.45, 7) is 0.302. The predicted octanol–water partition coefficient (Wildman–Crippen LogP) is -0.342. The monoisotopic (exact) mass is 321 g/mol. The average molecular weight is 321 g/mol. The lowest BCUT2D eigenvalue weighted by Gasteiger charge is -2.20. The number of nitrogens with one attached hydrogen (secondary N) is 1. The van der Waals surface area contributed by atoms with Gasteiger partial charge in [0, 0.05) is 25.5 Å². The Morgan fingerprint density at radius 3 is 2.30 bits per heavy atom. The Hall–Kier alpha value is -1.32. The molecule has 0 atom stereocenters. The van der Waals surface area contributed by atoms with Crippen LogP contribution in [-0.4, -0.2) is 49.5 Å². The molecular weight excluding hydrogens is 302 g/mol. The van der Waals surface area contributed by atoms with E-state index in [1.807, 2.05) is 0 Å². The summed E-state index contributed by atoms with van der Waals surface area (Å²) in [4.78, 5) is 1.70. The lowest BCUT2D eigenvalue weighted by molar-refractivity contribution is 0.588. The molecule has 0 aliphatic carbocycles. The summed E-state index contributed by atoms with van der Waals surface area (Å²) in [6.07, 6.45) is 1.16. The average Bonchev–Trinajstić information content (AvgIpc) is 2.34. The highest BCUT2D eigenvalue weighted by atomic mass is 32.2. The first-order valence-corrected chi connectivity index (χ1v) is 9.33. The van der Waals surface area contributed by atoms with Crippen LogP contribution in [0.1, 0.15) is 0 Å². The SMILES string of the molecule is CNS(=O)(=O)c1ccc(N(C)CCS(C)(=O)=O)cc1N. The van der Waals surface area contributed by atoms with Crippen LogP contribution in [0.15, 0.2) is 23.1 Å². The molecule has 7 nitrogen and oxygen atoms in total. The van der Waals surface area contributed by atoms with Crippen LogP contribution in [0.5, 0.6) is 0 Å². The van der Waals surface area contributed by atoms with Crippen molar-refractivity contribution in [2.75, 3.05) is 43.3 Å². The van der Waals surface area contributed by atoms with Gasteiger partial charge in [0.2, 0.25) is 10.0 Å². The Morgan fingerprint density at radius 2 is 1.85 bits per heavy atom. The molecule has 0 bridgehead atoms. The third kappa shape index (κ3) is 4.36. The maximum atomic E-state index is 11.7. The number of nitrogens with two attached hydrogens (primary N) is 1. The highest BCUT2D eigenvalue weighted by Crippen LogP contribution is 2.24. The van der Waals surface area contributed by atoms with Gasteiger partial charge < -0.3 is 10.6 Å². The van der Waals surface area contributed by atoms with E-state index in [2.05, 4.69) is 4.72 Å². The van der Waals surface area contributed by atoms with Crippen LogP contribution >= 0.6 is 0 Å². The topological polar surface area (TPSA) is 110 Å². The normalized spacial score (nSPS) is 12.3. The fourth-order valence-electron chi connectivity index (χ4n) is 1.56. The van der Waals surface area contributed by atoms with Gasteiger partial charge >= 0.3 is 0 Å². The molecule has 0 aliphatic heterocycles. The molecule has 1 aromatic carbocycles. The Kier molecular flexibility index (Phi) is 5.00. The van der Waals surface area contributed by atoms with Crippen molar-refractivity contribution in [3.05, 3.63) is 18.2 Å². The van der Waals surface area contributed by atoms with E-state index in [4.69, 9.17) is 5.73 Å². The van der Waals surface area contributed by atoms with E-state index in [0.29, 0.717) is 12.2 Å². The Labute approximate surface area is 119 Å². The fraction of sp³-hybridized carbons (Fsp3) is 0.455. The van der Waals surface area contributed by atoms with Gasteiger partial charge in [0.25, 0.3) is 0 Å². The minimum atomic E-state index is -3.60. The molecule has 0 heterocycles. The maximum absolute atomic E-state index is 11.7. The highest BCUT2D eigenvalue weighted by molar-refractivity contribution is 7.90. The van der Waals surface area contributed by atoms with Crippen molar-refractivity contribution in [2.24, 2.45) is 0 Å². The molecule has 0 aromatic heterocycles. The molecule has 114 valence electrons.